The number of nitrogens with one attached hydrogen (secondary N) is 2. The van der Waals surface area contributed by atoms with E-state index in [2.05, 4.69) is 10.7 Å². The number of benzene rings is 1. The summed E-state index contributed by atoms with van der Waals surface area (Å²) in [5.41, 5.74) is 1.88. The van der Waals surface area contributed by atoms with Gasteiger partial charge in [0.25, 0.3) is 5.91 Å². The maximum atomic E-state index is 11.9. The number of carbonyl (C=O) groups excluding carboxylic acids is 1. The second-order valence-corrected chi connectivity index (χ2v) is 3.86. The minimum atomic E-state index is -0.649. The summed E-state index contributed by atoms with van der Waals surface area (Å²) < 4.78 is 4.98. The van der Waals surface area contributed by atoms with Crippen LogP contribution in [0.4, 0.5) is 11.4 Å². The van der Waals surface area contributed by atoms with Gasteiger partial charge in [0.05, 0.1) is 11.0 Å². The monoisotopic (exact) mass is 268 g/mol. The molecule has 0 heterocycles. The fraction of sp³-hybridized carbons (Fsp3) is 0.364. The molecule has 0 aliphatic carbocycles. The van der Waals surface area contributed by atoms with Crippen LogP contribution >= 0.6 is 0 Å². The zero-order valence-electron chi connectivity index (χ0n) is 10.7. The molecule has 8 heteroatoms. The van der Waals surface area contributed by atoms with Crippen LogP contribution in [0, 0.1) is 10.1 Å². The van der Waals surface area contributed by atoms with Crippen molar-refractivity contribution in [1.82, 2.24) is 5.32 Å². The van der Waals surface area contributed by atoms with Crippen LogP contribution in [0.25, 0.3) is 0 Å². The van der Waals surface area contributed by atoms with Crippen molar-refractivity contribution in [3.63, 3.8) is 0 Å². The summed E-state index contributed by atoms with van der Waals surface area (Å²) in [6.45, 7) is 2.03. The quantitative estimate of drug-likeness (QED) is 0.396. The largest absolute Gasteiger partial charge is 0.380 e. The summed E-state index contributed by atoms with van der Waals surface area (Å²) >= 11 is 0. The van der Waals surface area contributed by atoms with E-state index in [4.69, 9.17) is 10.6 Å². The number of amides is 1. The molecule has 1 unspecified atom stereocenters. The van der Waals surface area contributed by atoms with Crippen molar-refractivity contribution >= 4 is 17.3 Å². The highest BCUT2D eigenvalue weighted by molar-refractivity contribution is 6.00. The molecule has 8 nitrogen and oxygen atoms in total. The maximum Gasteiger partial charge on any atom is 0.306 e. The number of nitrogens with zero attached hydrogens (tertiary/aromatic N) is 1. The van der Waals surface area contributed by atoms with Gasteiger partial charge >= 0.3 is 5.69 Å². The zero-order valence-corrected chi connectivity index (χ0v) is 10.7. The fourth-order valence-electron chi connectivity index (χ4n) is 1.45. The lowest BCUT2D eigenvalue weighted by atomic mass is 10.1. The van der Waals surface area contributed by atoms with Crippen LogP contribution in [0.5, 0.6) is 0 Å². The second kappa shape index (κ2) is 6.66. The van der Waals surface area contributed by atoms with Crippen LogP contribution in [0.1, 0.15) is 17.3 Å². The van der Waals surface area contributed by atoms with Gasteiger partial charge in [-0.1, -0.05) is 6.07 Å². The molecule has 1 rings (SSSR count). The van der Waals surface area contributed by atoms with E-state index in [0.29, 0.717) is 0 Å². The topological polar surface area (TPSA) is 120 Å². The van der Waals surface area contributed by atoms with Crippen molar-refractivity contribution in [3.8, 4) is 0 Å². The van der Waals surface area contributed by atoms with Crippen molar-refractivity contribution in [2.24, 2.45) is 5.84 Å². The number of rotatable bonds is 6. The first-order valence-electron chi connectivity index (χ1n) is 5.56. The van der Waals surface area contributed by atoms with E-state index in [1.807, 2.05) is 0 Å². The lowest BCUT2D eigenvalue weighted by Crippen LogP contribution is -2.32. The molecule has 1 atom stereocenters. The molecule has 0 radical (unpaired) electrons. The number of nitrogen functional groups attached to an aromatic ring is 1. The predicted molar refractivity (Wildman–Crippen MR) is 69.7 cm³/mol. The highest BCUT2D eigenvalue weighted by atomic mass is 16.6. The van der Waals surface area contributed by atoms with Crippen LogP contribution in [0.15, 0.2) is 18.2 Å². The number of hydrogen-bond acceptors (Lipinski definition) is 6. The van der Waals surface area contributed by atoms with Gasteiger partial charge in [0.1, 0.15) is 11.3 Å². The summed E-state index contributed by atoms with van der Waals surface area (Å²) in [6.07, 6.45) is -0.182. The molecule has 0 aliphatic rings. The Morgan fingerprint density at radius 2 is 2.26 bits per heavy atom. The molecular formula is C11H16N4O4. The SMILES string of the molecule is COC(C)CNC(=O)c1cccc(NN)c1[N+](=O)[O-]. The van der Waals surface area contributed by atoms with E-state index in [1.54, 1.807) is 6.92 Å². The number of hydrogen-bond donors (Lipinski definition) is 3. The Kier molecular flexibility index (Phi) is 5.22. The Morgan fingerprint density at radius 3 is 2.79 bits per heavy atom. The number of nitro groups is 1. The van der Waals surface area contributed by atoms with Gasteiger partial charge in [-0.05, 0) is 19.1 Å². The Balaban J connectivity index is 2.99. The number of ether oxygens (including phenoxy) is 1. The summed E-state index contributed by atoms with van der Waals surface area (Å²) in [5.74, 6) is 4.65. The maximum absolute atomic E-state index is 11.9. The average molecular weight is 268 g/mol. The fourth-order valence-corrected chi connectivity index (χ4v) is 1.45. The van der Waals surface area contributed by atoms with Crippen molar-refractivity contribution in [3.05, 3.63) is 33.9 Å². The summed E-state index contributed by atoms with van der Waals surface area (Å²) in [4.78, 5) is 22.3. The van der Waals surface area contributed by atoms with Crippen LogP contribution in [-0.2, 0) is 4.74 Å². The molecule has 0 aliphatic heterocycles. The Hall–Kier alpha value is -2.19. The molecule has 0 saturated heterocycles. The lowest BCUT2D eigenvalue weighted by Gasteiger charge is -2.11. The molecule has 1 amide bonds. The molecule has 0 bridgehead atoms. The summed E-state index contributed by atoms with van der Waals surface area (Å²) in [5, 5.41) is 13.6. The first kappa shape index (κ1) is 14.9. The minimum Gasteiger partial charge on any atom is -0.380 e. The number of hydrazine groups is 1. The van der Waals surface area contributed by atoms with Crippen LogP contribution in [0.2, 0.25) is 0 Å². The van der Waals surface area contributed by atoms with Gasteiger partial charge < -0.3 is 15.5 Å². The van der Waals surface area contributed by atoms with Gasteiger partial charge in [-0.3, -0.25) is 20.8 Å². The molecule has 0 fully saturated rings. The van der Waals surface area contributed by atoms with Crippen molar-refractivity contribution < 1.29 is 14.5 Å². The lowest BCUT2D eigenvalue weighted by molar-refractivity contribution is -0.384. The van der Waals surface area contributed by atoms with Gasteiger partial charge in [0.15, 0.2) is 0 Å². The first-order valence-corrected chi connectivity index (χ1v) is 5.56. The standard InChI is InChI=1S/C11H16N4O4/c1-7(19-2)6-13-11(16)8-4-3-5-9(14-12)10(8)15(17)18/h3-5,7,14H,6,12H2,1-2H3,(H,13,16). The van der Waals surface area contributed by atoms with Crippen molar-refractivity contribution in [2.45, 2.75) is 13.0 Å². The molecule has 1 aromatic carbocycles. The number of nitro benzene ring substituents is 1. The third-order valence-electron chi connectivity index (χ3n) is 2.57. The normalized spacial score (nSPS) is 11.7. The molecule has 19 heavy (non-hydrogen) atoms. The molecule has 0 saturated carbocycles. The number of para-hydroxylation sites is 1. The number of anilines is 1. The van der Waals surface area contributed by atoms with Gasteiger partial charge in [-0.15, -0.1) is 0 Å². The van der Waals surface area contributed by atoms with Gasteiger partial charge in [0.2, 0.25) is 0 Å². The van der Waals surface area contributed by atoms with Crippen LogP contribution in [-0.4, -0.2) is 30.6 Å². The van der Waals surface area contributed by atoms with E-state index in [1.165, 1.54) is 25.3 Å². The molecule has 104 valence electrons. The van der Waals surface area contributed by atoms with Crippen LogP contribution < -0.4 is 16.6 Å². The molecule has 0 aromatic heterocycles. The van der Waals surface area contributed by atoms with E-state index in [0.717, 1.165) is 0 Å². The van der Waals surface area contributed by atoms with E-state index < -0.39 is 10.8 Å². The number of nitrogens with two attached hydrogens (primary N) is 1. The minimum absolute atomic E-state index is 0.0521. The Morgan fingerprint density at radius 1 is 1.58 bits per heavy atom. The molecule has 1 aromatic rings. The van der Waals surface area contributed by atoms with Crippen molar-refractivity contribution in [2.75, 3.05) is 19.1 Å². The molecule has 0 spiro atoms. The molecular weight excluding hydrogens is 252 g/mol. The highest BCUT2D eigenvalue weighted by Gasteiger charge is 2.24. The smallest absolute Gasteiger partial charge is 0.306 e. The summed E-state index contributed by atoms with van der Waals surface area (Å²) in [6, 6.07) is 4.30. The third kappa shape index (κ3) is 3.63. The zero-order chi connectivity index (χ0) is 14.4. The van der Waals surface area contributed by atoms with E-state index >= 15 is 0 Å². The van der Waals surface area contributed by atoms with Gasteiger partial charge in [0, 0.05) is 13.7 Å². The first-order chi connectivity index (χ1) is 9.01. The second-order valence-electron chi connectivity index (χ2n) is 3.86. The predicted octanol–water partition coefficient (Wildman–Crippen LogP) is 0.645. The Labute approximate surface area is 110 Å². The van der Waals surface area contributed by atoms with Gasteiger partial charge in [-0.2, -0.15) is 0 Å². The molecule has 4 N–H and O–H groups in total. The number of methoxy groups -OCH3 is 1. The van der Waals surface area contributed by atoms with Gasteiger partial charge in [-0.25, -0.2) is 0 Å². The highest BCUT2D eigenvalue weighted by Crippen LogP contribution is 2.27. The van der Waals surface area contributed by atoms with Crippen molar-refractivity contribution in [1.29, 1.82) is 0 Å². The third-order valence-corrected chi connectivity index (χ3v) is 2.57. The Bertz CT molecular complexity index is 478. The number of carbonyl (C=O) groups is 1. The van der Waals surface area contributed by atoms with E-state index in [-0.39, 0.29) is 29.6 Å². The summed E-state index contributed by atoms with van der Waals surface area (Å²) in [7, 11) is 1.51. The van der Waals surface area contributed by atoms with E-state index in [9.17, 15) is 14.9 Å². The van der Waals surface area contributed by atoms with Crippen LogP contribution in [0.3, 0.4) is 0 Å². The average Bonchev–Trinajstić information content (AvgIpc) is 2.42.